The van der Waals surface area contributed by atoms with Gasteiger partial charge >= 0.3 is 5.97 Å². The topological polar surface area (TPSA) is 55.4 Å². The summed E-state index contributed by atoms with van der Waals surface area (Å²) >= 11 is 0. The molecule has 2 rings (SSSR count). The lowest BCUT2D eigenvalue weighted by molar-refractivity contribution is -0.143. The number of halogens is 1. The van der Waals surface area contributed by atoms with Gasteiger partial charge in [0.2, 0.25) is 0 Å². The first-order valence-corrected chi connectivity index (χ1v) is 7.79. The second-order valence-corrected chi connectivity index (χ2v) is 5.41. The normalized spacial score (nSPS) is 11.6. The minimum Gasteiger partial charge on any atom is -0.466 e. The molecule has 1 amide bonds. The van der Waals surface area contributed by atoms with Crippen molar-refractivity contribution in [1.82, 2.24) is 5.32 Å². The van der Waals surface area contributed by atoms with Crippen LogP contribution in [-0.2, 0) is 9.53 Å². The summed E-state index contributed by atoms with van der Waals surface area (Å²) in [5.41, 5.74) is 1.54. The van der Waals surface area contributed by atoms with Crippen LogP contribution in [0.3, 0.4) is 0 Å². The van der Waals surface area contributed by atoms with E-state index in [-0.39, 0.29) is 30.7 Å². The Kier molecular flexibility index (Phi) is 6.07. The number of benzene rings is 2. The average Bonchev–Trinajstić information content (AvgIpc) is 2.57. The van der Waals surface area contributed by atoms with Gasteiger partial charge in [-0.05, 0) is 43.2 Å². The lowest BCUT2D eigenvalue weighted by atomic mass is 10.0. The van der Waals surface area contributed by atoms with Gasteiger partial charge in [-0.2, -0.15) is 0 Å². The number of ether oxygens (including phenoxy) is 1. The summed E-state index contributed by atoms with van der Waals surface area (Å²) < 4.78 is 18.3. The summed E-state index contributed by atoms with van der Waals surface area (Å²) in [6.45, 7) is 3.61. The van der Waals surface area contributed by atoms with E-state index in [1.54, 1.807) is 13.8 Å². The SMILES string of the molecule is CCOC(=O)CC(NC(=O)c1ccc(F)c(C)c1)c1ccccc1. The van der Waals surface area contributed by atoms with Crippen LogP contribution in [0.1, 0.15) is 40.9 Å². The summed E-state index contributed by atoms with van der Waals surface area (Å²) in [7, 11) is 0. The molecule has 1 unspecified atom stereocenters. The molecular weight excluding hydrogens is 309 g/mol. The minimum atomic E-state index is -0.511. The third-order valence-corrected chi connectivity index (χ3v) is 3.60. The molecule has 4 nitrogen and oxygen atoms in total. The molecule has 0 bridgehead atoms. The Balaban J connectivity index is 2.19. The summed E-state index contributed by atoms with van der Waals surface area (Å²) in [6.07, 6.45) is 0.0315. The van der Waals surface area contributed by atoms with Crippen molar-refractivity contribution in [1.29, 1.82) is 0 Å². The van der Waals surface area contributed by atoms with Crippen molar-refractivity contribution in [2.45, 2.75) is 26.3 Å². The van der Waals surface area contributed by atoms with Gasteiger partial charge in [0.05, 0.1) is 19.1 Å². The summed E-state index contributed by atoms with van der Waals surface area (Å²) in [4.78, 5) is 24.3. The van der Waals surface area contributed by atoms with E-state index in [4.69, 9.17) is 4.74 Å². The Morgan fingerprint density at radius 1 is 1.17 bits per heavy atom. The Morgan fingerprint density at radius 3 is 2.50 bits per heavy atom. The molecule has 5 heteroatoms. The number of amides is 1. The van der Waals surface area contributed by atoms with Crippen LogP contribution in [0, 0.1) is 12.7 Å². The van der Waals surface area contributed by atoms with E-state index in [1.165, 1.54) is 18.2 Å². The standard InChI is InChI=1S/C19H20FNO3/c1-3-24-18(22)12-17(14-7-5-4-6-8-14)21-19(23)15-9-10-16(20)13(2)11-15/h4-11,17H,3,12H2,1-2H3,(H,21,23). The smallest absolute Gasteiger partial charge is 0.308 e. The number of esters is 1. The molecular formula is C19H20FNO3. The monoisotopic (exact) mass is 329 g/mol. The van der Waals surface area contributed by atoms with Crippen LogP contribution in [0.15, 0.2) is 48.5 Å². The molecule has 2 aromatic rings. The molecule has 126 valence electrons. The molecule has 0 aromatic heterocycles. The quantitative estimate of drug-likeness (QED) is 0.825. The summed E-state index contributed by atoms with van der Waals surface area (Å²) in [5.74, 6) is -1.11. The highest BCUT2D eigenvalue weighted by Crippen LogP contribution is 2.19. The van der Waals surface area contributed by atoms with E-state index in [0.29, 0.717) is 11.1 Å². The molecule has 0 aliphatic carbocycles. The zero-order valence-electron chi connectivity index (χ0n) is 13.7. The molecule has 0 radical (unpaired) electrons. The zero-order chi connectivity index (χ0) is 17.5. The third-order valence-electron chi connectivity index (χ3n) is 3.60. The zero-order valence-corrected chi connectivity index (χ0v) is 13.7. The van der Waals surface area contributed by atoms with Gasteiger partial charge in [0.1, 0.15) is 5.82 Å². The first kappa shape index (κ1) is 17.7. The number of hydrogen-bond donors (Lipinski definition) is 1. The summed E-state index contributed by atoms with van der Waals surface area (Å²) in [5, 5.41) is 2.82. The highest BCUT2D eigenvalue weighted by atomic mass is 19.1. The maximum atomic E-state index is 13.4. The Labute approximate surface area is 140 Å². The van der Waals surface area contributed by atoms with Crippen LogP contribution in [0.4, 0.5) is 4.39 Å². The fourth-order valence-electron chi connectivity index (χ4n) is 2.35. The molecule has 0 aliphatic rings. The van der Waals surface area contributed by atoms with Gasteiger partial charge in [-0.25, -0.2) is 4.39 Å². The molecule has 2 aromatic carbocycles. The third kappa shape index (κ3) is 4.65. The van der Waals surface area contributed by atoms with Crippen LogP contribution in [0.2, 0.25) is 0 Å². The molecule has 0 heterocycles. The second kappa shape index (κ2) is 8.24. The van der Waals surface area contributed by atoms with Gasteiger partial charge in [0, 0.05) is 5.56 Å². The number of hydrogen-bond acceptors (Lipinski definition) is 3. The van der Waals surface area contributed by atoms with Crippen molar-refractivity contribution in [3.8, 4) is 0 Å². The van der Waals surface area contributed by atoms with Gasteiger partial charge in [0.15, 0.2) is 0 Å². The van der Waals surface area contributed by atoms with Crippen molar-refractivity contribution in [3.05, 3.63) is 71.0 Å². The number of nitrogens with one attached hydrogen (secondary N) is 1. The van der Waals surface area contributed by atoms with Crippen molar-refractivity contribution in [2.75, 3.05) is 6.61 Å². The van der Waals surface area contributed by atoms with E-state index in [9.17, 15) is 14.0 Å². The predicted molar refractivity (Wildman–Crippen MR) is 89.0 cm³/mol. The van der Waals surface area contributed by atoms with Crippen LogP contribution in [-0.4, -0.2) is 18.5 Å². The first-order valence-electron chi connectivity index (χ1n) is 7.79. The average molecular weight is 329 g/mol. The Bertz CT molecular complexity index is 716. The molecule has 0 aliphatic heterocycles. The van der Waals surface area contributed by atoms with Crippen LogP contribution >= 0.6 is 0 Å². The highest BCUT2D eigenvalue weighted by molar-refractivity contribution is 5.94. The van der Waals surface area contributed by atoms with Crippen LogP contribution in [0.5, 0.6) is 0 Å². The van der Waals surface area contributed by atoms with Crippen molar-refractivity contribution in [3.63, 3.8) is 0 Å². The van der Waals surface area contributed by atoms with E-state index < -0.39 is 6.04 Å². The van der Waals surface area contributed by atoms with Crippen LogP contribution in [0.25, 0.3) is 0 Å². The van der Waals surface area contributed by atoms with Gasteiger partial charge < -0.3 is 10.1 Å². The molecule has 0 fully saturated rings. The molecule has 0 spiro atoms. The largest absolute Gasteiger partial charge is 0.466 e. The molecule has 1 atom stereocenters. The number of rotatable bonds is 6. The molecule has 24 heavy (non-hydrogen) atoms. The van der Waals surface area contributed by atoms with E-state index in [1.807, 2.05) is 30.3 Å². The summed E-state index contributed by atoms with van der Waals surface area (Å²) in [6, 6.07) is 12.8. The fourth-order valence-corrected chi connectivity index (χ4v) is 2.35. The van der Waals surface area contributed by atoms with E-state index in [2.05, 4.69) is 5.32 Å². The minimum absolute atomic E-state index is 0.0315. The Morgan fingerprint density at radius 2 is 1.88 bits per heavy atom. The lowest BCUT2D eigenvalue weighted by Gasteiger charge is -2.18. The lowest BCUT2D eigenvalue weighted by Crippen LogP contribution is -2.30. The number of carbonyl (C=O) groups excluding carboxylic acids is 2. The van der Waals surface area contributed by atoms with Crippen molar-refractivity contribution < 1.29 is 18.7 Å². The second-order valence-electron chi connectivity index (χ2n) is 5.41. The van der Waals surface area contributed by atoms with E-state index >= 15 is 0 Å². The number of aryl methyl sites for hydroxylation is 1. The van der Waals surface area contributed by atoms with Crippen molar-refractivity contribution >= 4 is 11.9 Å². The van der Waals surface area contributed by atoms with Gasteiger partial charge in [-0.3, -0.25) is 9.59 Å². The van der Waals surface area contributed by atoms with Gasteiger partial charge in [0.25, 0.3) is 5.91 Å². The maximum absolute atomic E-state index is 13.4. The molecule has 1 N–H and O–H groups in total. The fraction of sp³-hybridized carbons (Fsp3) is 0.263. The molecule has 0 saturated carbocycles. The van der Waals surface area contributed by atoms with Gasteiger partial charge in [-0.1, -0.05) is 30.3 Å². The van der Waals surface area contributed by atoms with Crippen molar-refractivity contribution in [2.24, 2.45) is 0 Å². The van der Waals surface area contributed by atoms with E-state index in [0.717, 1.165) is 5.56 Å². The number of carbonyl (C=O) groups is 2. The first-order chi connectivity index (χ1) is 11.5. The highest BCUT2D eigenvalue weighted by Gasteiger charge is 2.20. The molecule has 0 saturated heterocycles. The van der Waals surface area contributed by atoms with Gasteiger partial charge in [-0.15, -0.1) is 0 Å². The maximum Gasteiger partial charge on any atom is 0.308 e. The Hall–Kier alpha value is -2.69. The van der Waals surface area contributed by atoms with Crippen LogP contribution < -0.4 is 5.32 Å². The predicted octanol–water partition coefficient (Wildman–Crippen LogP) is 3.56.